The summed E-state index contributed by atoms with van der Waals surface area (Å²) in [7, 11) is 1.60. The standard InChI is InChI=1S/C10H15N3O4/c1-3-6-4-8(13(2)12-6)9(15)11-7(5-14)10(16)17/h4,7,14H,3,5H2,1-2H3,(H,11,15)(H,16,17)/t7-/m1/s1. The molecule has 1 aromatic rings. The number of nitrogens with one attached hydrogen (secondary N) is 1. The third-order valence-corrected chi connectivity index (χ3v) is 2.31. The number of aliphatic hydroxyl groups is 1. The van der Waals surface area contributed by atoms with Crippen molar-refractivity contribution in [1.82, 2.24) is 15.1 Å². The molecule has 1 amide bonds. The normalized spacial score (nSPS) is 12.2. The lowest BCUT2D eigenvalue weighted by atomic mass is 10.2. The second kappa shape index (κ2) is 5.44. The first-order valence-corrected chi connectivity index (χ1v) is 5.17. The Morgan fingerprint density at radius 2 is 2.24 bits per heavy atom. The molecule has 1 aromatic heterocycles. The zero-order valence-electron chi connectivity index (χ0n) is 9.67. The molecule has 0 aliphatic carbocycles. The number of aryl methyl sites for hydroxylation is 2. The van der Waals surface area contributed by atoms with Gasteiger partial charge in [-0.05, 0) is 12.5 Å². The number of rotatable bonds is 5. The number of hydrogen-bond acceptors (Lipinski definition) is 4. The van der Waals surface area contributed by atoms with E-state index in [9.17, 15) is 9.59 Å². The van der Waals surface area contributed by atoms with Gasteiger partial charge in [0.1, 0.15) is 5.69 Å². The van der Waals surface area contributed by atoms with E-state index < -0.39 is 24.5 Å². The maximum absolute atomic E-state index is 11.7. The summed E-state index contributed by atoms with van der Waals surface area (Å²) in [5.41, 5.74) is 1.01. The van der Waals surface area contributed by atoms with Crippen LogP contribution in [0, 0.1) is 0 Å². The van der Waals surface area contributed by atoms with Gasteiger partial charge in [-0.1, -0.05) is 6.92 Å². The van der Waals surface area contributed by atoms with Crippen LogP contribution in [-0.2, 0) is 18.3 Å². The quantitative estimate of drug-likeness (QED) is 0.623. The number of amides is 1. The van der Waals surface area contributed by atoms with E-state index >= 15 is 0 Å². The Bertz CT molecular complexity index is 427. The van der Waals surface area contributed by atoms with E-state index in [1.165, 1.54) is 4.68 Å². The van der Waals surface area contributed by atoms with Crippen LogP contribution in [0.25, 0.3) is 0 Å². The molecule has 0 bridgehead atoms. The first kappa shape index (κ1) is 13.2. The fourth-order valence-electron chi connectivity index (χ4n) is 1.33. The summed E-state index contributed by atoms with van der Waals surface area (Å²) in [5.74, 6) is -1.85. The Morgan fingerprint density at radius 3 is 2.65 bits per heavy atom. The number of hydrogen-bond donors (Lipinski definition) is 3. The molecule has 0 aliphatic heterocycles. The SMILES string of the molecule is CCc1cc(C(=O)N[C@H](CO)C(=O)O)n(C)n1. The molecule has 0 spiro atoms. The summed E-state index contributed by atoms with van der Waals surface area (Å²) in [6, 6.07) is 0.286. The van der Waals surface area contributed by atoms with Gasteiger partial charge in [0.15, 0.2) is 6.04 Å². The van der Waals surface area contributed by atoms with Crippen molar-refractivity contribution in [2.75, 3.05) is 6.61 Å². The average Bonchev–Trinajstić information content (AvgIpc) is 2.66. The summed E-state index contributed by atoms with van der Waals surface area (Å²) in [5, 5.41) is 23.8. The number of carboxylic acid groups (broad SMARTS) is 1. The van der Waals surface area contributed by atoms with Crippen molar-refractivity contribution in [2.45, 2.75) is 19.4 Å². The van der Waals surface area contributed by atoms with Crippen LogP contribution in [0.15, 0.2) is 6.07 Å². The highest BCUT2D eigenvalue weighted by Gasteiger charge is 2.21. The Labute approximate surface area is 98.1 Å². The predicted molar refractivity (Wildman–Crippen MR) is 58.6 cm³/mol. The molecule has 1 rings (SSSR count). The predicted octanol–water partition coefficient (Wildman–Crippen LogP) is -0.842. The zero-order chi connectivity index (χ0) is 13.0. The minimum absolute atomic E-state index is 0.265. The number of carboxylic acids is 1. The molecule has 0 aliphatic rings. The van der Waals surface area contributed by atoms with Crippen LogP contribution in [0.2, 0.25) is 0 Å². The minimum Gasteiger partial charge on any atom is -0.480 e. The van der Waals surface area contributed by atoms with Crippen LogP contribution >= 0.6 is 0 Å². The van der Waals surface area contributed by atoms with Crippen LogP contribution in [0.5, 0.6) is 0 Å². The van der Waals surface area contributed by atoms with E-state index in [-0.39, 0.29) is 5.69 Å². The van der Waals surface area contributed by atoms with Crippen LogP contribution in [-0.4, -0.2) is 44.5 Å². The summed E-state index contributed by atoms with van der Waals surface area (Å²) in [4.78, 5) is 22.4. The van der Waals surface area contributed by atoms with Gasteiger partial charge in [-0.2, -0.15) is 5.10 Å². The van der Waals surface area contributed by atoms with Crippen molar-refractivity contribution in [3.63, 3.8) is 0 Å². The molecule has 0 radical (unpaired) electrons. The van der Waals surface area contributed by atoms with Crippen molar-refractivity contribution in [3.05, 3.63) is 17.5 Å². The molecule has 0 fully saturated rings. The van der Waals surface area contributed by atoms with Crippen LogP contribution in [0.4, 0.5) is 0 Å². The molecule has 7 nitrogen and oxygen atoms in total. The van der Waals surface area contributed by atoms with E-state index in [4.69, 9.17) is 10.2 Å². The highest BCUT2D eigenvalue weighted by atomic mass is 16.4. The molecule has 1 atom stereocenters. The second-order valence-corrected chi connectivity index (χ2v) is 3.54. The molecule has 0 saturated heterocycles. The Morgan fingerprint density at radius 1 is 1.59 bits per heavy atom. The Hall–Kier alpha value is -1.89. The van der Waals surface area contributed by atoms with Crippen molar-refractivity contribution in [3.8, 4) is 0 Å². The number of nitrogens with zero attached hydrogens (tertiary/aromatic N) is 2. The van der Waals surface area contributed by atoms with Gasteiger partial charge in [0, 0.05) is 7.05 Å². The molecule has 0 aromatic carbocycles. The molecule has 94 valence electrons. The topological polar surface area (TPSA) is 104 Å². The van der Waals surface area contributed by atoms with E-state index in [1.807, 2.05) is 6.92 Å². The molecule has 0 unspecified atom stereocenters. The van der Waals surface area contributed by atoms with Gasteiger partial charge in [-0.25, -0.2) is 4.79 Å². The lowest BCUT2D eigenvalue weighted by molar-refractivity contribution is -0.140. The first-order valence-electron chi connectivity index (χ1n) is 5.17. The van der Waals surface area contributed by atoms with E-state index in [0.29, 0.717) is 6.42 Å². The molecule has 0 saturated carbocycles. The minimum atomic E-state index is -1.30. The van der Waals surface area contributed by atoms with Crippen molar-refractivity contribution in [2.24, 2.45) is 7.05 Å². The Balaban J connectivity index is 2.82. The molecule has 3 N–H and O–H groups in total. The summed E-state index contributed by atoms with van der Waals surface area (Å²) in [6.45, 7) is 1.25. The maximum atomic E-state index is 11.7. The van der Waals surface area contributed by atoms with E-state index in [1.54, 1.807) is 13.1 Å². The van der Waals surface area contributed by atoms with E-state index in [0.717, 1.165) is 5.69 Å². The molecular formula is C10H15N3O4. The molecule has 17 heavy (non-hydrogen) atoms. The number of aliphatic hydroxyl groups excluding tert-OH is 1. The monoisotopic (exact) mass is 241 g/mol. The fourth-order valence-corrected chi connectivity index (χ4v) is 1.33. The highest BCUT2D eigenvalue weighted by Crippen LogP contribution is 2.04. The van der Waals surface area contributed by atoms with Gasteiger partial charge in [0.2, 0.25) is 0 Å². The number of aromatic nitrogens is 2. The second-order valence-electron chi connectivity index (χ2n) is 3.54. The number of carbonyl (C=O) groups excluding carboxylic acids is 1. The lowest BCUT2D eigenvalue weighted by Crippen LogP contribution is -2.43. The first-order chi connectivity index (χ1) is 7.99. The van der Waals surface area contributed by atoms with Gasteiger partial charge in [0.25, 0.3) is 5.91 Å². The van der Waals surface area contributed by atoms with Gasteiger partial charge in [0.05, 0.1) is 12.3 Å². The van der Waals surface area contributed by atoms with Crippen molar-refractivity contribution >= 4 is 11.9 Å². The van der Waals surface area contributed by atoms with Gasteiger partial charge >= 0.3 is 5.97 Å². The van der Waals surface area contributed by atoms with Crippen molar-refractivity contribution in [1.29, 1.82) is 0 Å². The van der Waals surface area contributed by atoms with Gasteiger partial charge in [-0.3, -0.25) is 9.48 Å². The number of aliphatic carboxylic acids is 1. The summed E-state index contributed by atoms with van der Waals surface area (Å²) < 4.78 is 1.38. The fraction of sp³-hybridized carbons (Fsp3) is 0.500. The Kier molecular flexibility index (Phi) is 4.22. The van der Waals surface area contributed by atoms with Crippen LogP contribution in [0.3, 0.4) is 0 Å². The maximum Gasteiger partial charge on any atom is 0.328 e. The summed E-state index contributed by atoms with van der Waals surface area (Å²) >= 11 is 0. The molecule has 1 heterocycles. The van der Waals surface area contributed by atoms with Gasteiger partial charge < -0.3 is 15.5 Å². The van der Waals surface area contributed by atoms with E-state index in [2.05, 4.69) is 10.4 Å². The lowest BCUT2D eigenvalue weighted by Gasteiger charge is -2.11. The third kappa shape index (κ3) is 3.04. The van der Waals surface area contributed by atoms with Crippen LogP contribution < -0.4 is 5.32 Å². The largest absolute Gasteiger partial charge is 0.480 e. The van der Waals surface area contributed by atoms with Gasteiger partial charge in [-0.15, -0.1) is 0 Å². The molecular weight excluding hydrogens is 226 g/mol. The van der Waals surface area contributed by atoms with Crippen LogP contribution in [0.1, 0.15) is 23.1 Å². The highest BCUT2D eigenvalue weighted by molar-refractivity contribution is 5.95. The average molecular weight is 241 g/mol. The zero-order valence-corrected chi connectivity index (χ0v) is 9.67. The third-order valence-electron chi connectivity index (χ3n) is 2.31. The molecule has 7 heteroatoms. The smallest absolute Gasteiger partial charge is 0.328 e. The number of carbonyl (C=O) groups is 2. The summed E-state index contributed by atoms with van der Waals surface area (Å²) in [6.07, 6.45) is 0.684. The van der Waals surface area contributed by atoms with Crippen molar-refractivity contribution < 1.29 is 19.8 Å².